The Balaban J connectivity index is 1.58. The van der Waals surface area contributed by atoms with Crippen molar-refractivity contribution < 1.29 is 0 Å². The van der Waals surface area contributed by atoms with Crippen molar-refractivity contribution in [2.24, 2.45) is 0 Å². The Hall–Kier alpha value is -2.42. The van der Waals surface area contributed by atoms with Gasteiger partial charge in [0.15, 0.2) is 0 Å². The van der Waals surface area contributed by atoms with E-state index in [-0.39, 0.29) is 6.04 Å². The lowest BCUT2D eigenvalue weighted by Crippen LogP contribution is -2.26. The summed E-state index contributed by atoms with van der Waals surface area (Å²) in [5.74, 6) is 0. The first kappa shape index (κ1) is 18.9. The van der Waals surface area contributed by atoms with E-state index in [2.05, 4.69) is 67.4 Å². The van der Waals surface area contributed by atoms with Crippen LogP contribution >= 0.6 is 23.6 Å². The van der Waals surface area contributed by atoms with E-state index < -0.39 is 0 Å². The molecule has 0 saturated carbocycles. The molecule has 0 aliphatic rings. The molecule has 0 bridgehead atoms. The van der Waals surface area contributed by atoms with Gasteiger partial charge in [-0.25, -0.2) is 9.67 Å². The summed E-state index contributed by atoms with van der Waals surface area (Å²) in [6.45, 7) is 6.80. The van der Waals surface area contributed by atoms with Gasteiger partial charge in [-0.15, -0.1) is 11.3 Å². The number of hydrogen-bond donors (Lipinski definition) is 0. The average Bonchev–Trinajstić information content (AvgIpc) is 3.27. The number of thiazole rings is 1. The zero-order chi connectivity index (χ0) is 19.8. The second-order valence-corrected chi connectivity index (χ2v) is 8.48. The molecule has 2 aromatic carbocycles. The number of hydrogen-bond acceptors (Lipinski definition) is 6. The van der Waals surface area contributed by atoms with Crippen LogP contribution in [0.4, 0.5) is 0 Å². The minimum Gasteiger partial charge on any atom is -0.278 e. The summed E-state index contributed by atoms with van der Waals surface area (Å²) in [5, 5.41) is 9.66. The molecule has 2 aromatic heterocycles. The second-order valence-electron chi connectivity index (χ2n) is 7.06. The second kappa shape index (κ2) is 7.54. The molecule has 6 nitrogen and oxygen atoms in total. The van der Waals surface area contributed by atoms with Gasteiger partial charge >= 0.3 is 0 Å². The molecule has 0 radical (unpaired) electrons. The third kappa shape index (κ3) is 3.50. The van der Waals surface area contributed by atoms with Crippen molar-refractivity contribution in [3.8, 4) is 5.69 Å². The highest BCUT2D eigenvalue weighted by Crippen LogP contribution is 2.29. The number of fused-ring (bicyclic) bond motifs is 1. The normalized spacial score (nSPS) is 12.8. The number of aryl methyl sites for hydroxylation is 2. The first-order valence-electron chi connectivity index (χ1n) is 9.10. The fourth-order valence-electron chi connectivity index (χ4n) is 3.05. The summed E-state index contributed by atoms with van der Waals surface area (Å²) in [7, 11) is 2.05. The van der Waals surface area contributed by atoms with Crippen LogP contribution in [0, 0.1) is 18.6 Å². The lowest BCUT2D eigenvalue weighted by atomic mass is 10.1. The molecular formula is C20H22N6S2. The average molecular weight is 411 g/mol. The molecule has 0 spiro atoms. The fourth-order valence-corrected chi connectivity index (χ4v) is 4.37. The van der Waals surface area contributed by atoms with Crippen molar-refractivity contribution in [3.05, 3.63) is 63.4 Å². The molecular weight excluding hydrogens is 388 g/mol. The zero-order valence-electron chi connectivity index (χ0n) is 16.3. The van der Waals surface area contributed by atoms with Gasteiger partial charge in [0.2, 0.25) is 4.77 Å². The molecule has 0 fully saturated rings. The van der Waals surface area contributed by atoms with Gasteiger partial charge in [0.05, 0.1) is 28.6 Å². The Labute approximate surface area is 173 Å². The maximum atomic E-state index is 5.65. The lowest BCUT2D eigenvalue weighted by molar-refractivity contribution is 0.193. The lowest BCUT2D eigenvalue weighted by Gasteiger charge is -2.22. The van der Waals surface area contributed by atoms with E-state index in [1.807, 2.05) is 18.2 Å². The maximum absolute atomic E-state index is 5.65. The number of tetrazole rings is 1. The van der Waals surface area contributed by atoms with E-state index in [4.69, 9.17) is 17.2 Å². The molecule has 0 aliphatic heterocycles. The van der Waals surface area contributed by atoms with Gasteiger partial charge in [0.1, 0.15) is 5.01 Å². The Morgan fingerprint density at radius 3 is 2.71 bits per heavy atom. The summed E-state index contributed by atoms with van der Waals surface area (Å²) in [6.07, 6.45) is 0. The summed E-state index contributed by atoms with van der Waals surface area (Å²) < 4.78 is 5.27. The molecule has 0 aliphatic carbocycles. The maximum Gasteiger partial charge on any atom is 0.221 e. The zero-order valence-corrected chi connectivity index (χ0v) is 18.0. The first-order chi connectivity index (χ1) is 13.4. The largest absolute Gasteiger partial charge is 0.278 e. The van der Waals surface area contributed by atoms with Crippen LogP contribution in [0.5, 0.6) is 0 Å². The Bertz CT molecular complexity index is 1160. The summed E-state index contributed by atoms with van der Waals surface area (Å²) in [6, 6.07) is 14.6. The monoisotopic (exact) mass is 410 g/mol. The molecule has 1 atom stereocenters. The van der Waals surface area contributed by atoms with E-state index in [1.54, 1.807) is 20.7 Å². The van der Waals surface area contributed by atoms with Crippen LogP contribution in [0.15, 0.2) is 42.5 Å². The Morgan fingerprint density at radius 1 is 1.14 bits per heavy atom. The van der Waals surface area contributed by atoms with Gasteiger partial charge in [0, 0.05) is 0 Å². The van der Waals surface area contributed by atoms with Crippen LogP contribution in [0.2, 0.25) is 0 Å². The summed E-state index contributed by atoms with van der Waals surface area (Å²) in [5.41, 5.74) is 4.29. The van der Waals surface area contributed by atoms with Crippen molar-refractivity contribution in [3.63, 3.8) is 0 Å². The van der Waals surface area contributed by atoms with Gasteiger partial charge in [-0.3, -0.25) is 4.90 Å². The van der Waals surface area contributed by atoms with E-state index in [1.165, 1.54) is 10.3 Å². The van der Waals surface area contributed by atoms with Crippen LogP contribution in [0.25, 0.3) is 15.9 Å². The van der Waals surface area contributed by atoms with Crippen molar-refractivity contribution in [1.82, 2.24) is 29.7 Å². The highest BCUT2D eigenvalue weighted by molar-refractivity contribution is 7.71. The molecule has 4 rings (SSSR count). The summed E-state index contributed by atoms with van der Waals surface area (Å²) >= 11 is 7.37. The quantitative estimate of drug-likeness (QED) is 0.447. The minimum absolute atomic E-state index is 0.144. The number of aromatic nitrogens is 5. The number of nitrogens with zero attached hydrogens (tertiary/aromatic N) is 6. The number of rotatable bonds is 5. The minimum atomic E-state index is 0.144. The molecule has 28 heavy (non-hydrogen) atoms. The molecule has 0 N–H and O–H groups in total. The number of benzene rings is 2. The van der Waals surface area contributed by atoms with Gasteiger partial charge in [0.25, 0.3) is 0 Å². The van der Waals surface area contributed by atoms with Crippen molar-refractivity contribution in [2.45, 2.75) is 33.5 Å². The van der Waals surface area contributed by atoms with Crippen molar-refractivity contribution >= 4 is 33.8 Å². The van der Waals surface area contributed by atoms with Crippen LogP contribution in [-0.2, 0) is 6.67 Å². The fraction of sp³-hybridized carbons (Fsp3) is 0.300. The van der Waals surface area contributed by atoms with Gasteiger partial charge in [-0.1, -0.05) is 24.3 Å². The molecule has 8 heteroatoms. The van der Waals surface area contributed by atoms with Crippen LogP contribution in [-0.4, -0.2) is 36.7 Å². The van der Waals surface area contributed by atoms with E-state index in [9.17, 15) is 0 Å². The smallest absolute Gasteiger partial charge is 0.221 e. The number of para-hydroxylation sites is 1. The van der Waals surface area contributed by atoms with Crippen molar-refractivity contribution in [1.29, 1.82) is 0 Å². The topological polar surface area (TPSA) is 51.8 Å². The molecule has 0 amide bonds. The molecule has 4 aromatic rings. The van der Waals surface area contributed by atoms with Crippen molar-refractivity contribution in [2.75, 3.05) is 7.05 Å². The van der Waals surface area contributed by atoms with Crippen LogP contribution in [0.3, 0.4) is 0 Å². The predicted octanol–water partition coefficient (Wildman–Crippen LogP) is 4.68. The third-order valence-electron chi connectivity index (χ3n) is 4.92. The first-order valence-corrected chi connectivity index (χ1v) is 10.3. The Kier molecular flexibility index (Phi) is 5.09. The van der Waals surface area contributed by atoms with Crippen LogP contribution in [0.1, 0.15) is 29.1 Å². The Morgan fingerprint density at radius 2 is 1.93 bits per heavy atom. The molecule has 144 valence electrons. The van der Waals surface area contributed by atoms with E-state index >= 15 is 0 Å². The highest BCUT2D eigenvalue weighted by atomic mass is 32.1. The predicted molar refractivity (Wildman–Crippen MR) is 115 cm³/mol. The molecule has 2 heterocycles. The van der Waals surface area contributed by atoms with E-state index in [0.717, 1.165) is 21.8 Å². The van der Waals surface area contributed by atoms with Gasteiger partial charge < -0.3 is 0 Å². The van der Waals surface area contributed by atoms with Gasteiger partial charge in [-0.2, -0.15) is 4.68 Å². The van der Waals surface area contributed by atoms with E-state index in [0.29, 0.717) is 11.4 Å². The van der Waals surface area contributed by atoms with Gasteiger partial charge in [-0.05, 0) is 79.8 Å². The highest BCUT2D eigenvalue weighted by Gasteiger charge is 2.18. The summed E-state index contributed by atoms with van der Waals surface area (Å²) in [4.78, 5) is 6.95. The van der Waals surface area contributed by atoms with Crippen LogP contribution < -0.4 is 0 Å². The molecule has 0 unspecified atom stereocenters. The third-order valence-corrected chi connectivity index (χ3v) is 6.51. The SMILES string of the molecule is Cc1ccc(C)c(-n2nnn(CN(C)[C@H](C)c3nc4ccccc4s3)c2=S)c1. The standard InChI is InChI=1S/C20H22N6S2/c1-13-9-10-14(2)17(11-13)26-20(27)25(22-23-26)12-24(4)15(3)19-21-16-7-5-6-8-18(16)28-19/h5-11,15H,12H2,1-4H3/t15-/m1/s1. The molecule has 0 saturated heterocycles.